The zero-order valence-corrected chi connectivity index (χ0v) is 22.2. The van der Waals surface area contributed by atoms with E-state index in [4.69, 9.17) is 21.1 Å². The molecule has 0 unspecified atom stereocenters. The van der Waals surface area contributed by atoms with Crippen molar-refractivity contribution in [3.63, 3.8) is 0 Å². The number of carbonyl (C=O) groups excluding carboxylic acids is 2. The lowest BCUT2D eigenvalue weighted by Crippen LogP contribution is -2.30. The van der Waals surface area contributed by atoms with Gasteiger partial charge in [-0.3, -0.25) is 4.79 Å². The van der Waals surface area contributed by atoms with Gasteiger partial charge in [0.25, 0.3) is 0 Å². The number of hydrogen-bond acceptors (Lipinski definition) is 7. The van der Waals surface area contributed by atoms with Crippen LogP contribution in [0.1, 0.15) is 18.4 Å². The van der Waals surface area contributed by atoms with Crippen molar-refractivity contribution >= 4 is 56.9 Å². The largest absolute Gasteiger partial charge is 0.460 e. The Morgan fingerprint density at radius 1 is 1.20 bits per heavy atom. The Bertz CT molecular complexity index is 1210. The lowest BCUT2D eigenvalue weighted by Gasteiger charge is -2.29. The predicted molar refractivity (Wildman–Crippen MR) is 141 cm³/mol. The summed E-state index contributed by atoms with van der Waals surface area (Å²) in [7, 11) is 1.51. The minimum Gasteiger partial charge on any atom is -0.460 e. The van der Waals surface area contributed by atoms with E-state index in [9.17, 15) is 14.9 Å². The van der Waals surface area contributed by atoms with Crippen LogP contribution in [0.15, 0.2) is 74.9 Å². The van der Waals surface area contributed by atoms with E-state index in [1.54, 1.807) is 43.3 Å². The van der Waals surface area contributed by atoms with Crippen molar-refractivity contribution < 1.29 is 19.1 Å². The number of allylic oxidation sites excluding steroid dienone is 2. The average Bonchev–Trinajstić information content (AvgIpc) is 2.84. The Labute approximate surface area is 221 Å². The van der Waals surface area contributed by atoms with Crippen LogP contribution in [0, 0.1) is 11.3 Å². The first kappa shape index (κ1) is 26.8. The Balaban J connectivity index is 1.88. The Kier molecular flexibility index (Phi) is 9.81. The molecule has 1 heterocycles. The molecule has 0 aromatic heterocycles. The van der Waals surface area contributed by atoms with Crippen molar-refractivity contribution in [2.45, 2.75) is 12.8 Å². The number of carbonyl (C=O) groups is 2. The number of methoxy groups -OCH3 is 1. The highest BCUT2D eigenvalue weighted by Crippen LogP contribution is 2.43. The van der Waals surface area contributed by atoms with Crippen molar-refractivity contribution in [3.05, 3.63) is 85.5 Å². The van der Waals surface area contributed by atoms with Crippen molar-refractivity contribution in [1.29, 1.82) is 5.26 Å². The zero-order chi connectivity index (χ0) is 25.4. The highest BCUT2D eigenvalue weighted by molar-refractivity contribution is 9.10. The third-order valence-electron chi connectivity index (χ3n) is 5.08. The first-order chi connectivity index (χ1) is 16.8. The second-order valence-electron chi connectivity index (χ2n) is 7.45. The molecule has 0 radical (unpaired) electrons. The van der Waals surface area contributed by atoms with Crippen LogP contribution in [-0.2, 0) is 19.1 Å². The number of thioether (sulfide) groups is 1. The monoisotopic (exact) mass is 575 g/mol. The highest BCUT2D eigenvalue weighted by Gasteiger charge is 2.36. The predicted octanol–water partition coefficient (Wildman–Crippen LogP) is 5.36. The topological polar surface area (TPSA) is 100 Å². The number of dihydropyridines is 1. The summed E-state index contributed by atoms with van der Waals surface area (Å²) >= 11 is 11.0. The van der Waals surface area contributed by atoms with Gasteiger partial charge in [0, 0.05) is 28.0 Å². The fraction of sp³-hybridized carbons (Fsp3) is 0.240. The van der Waals surface area contributed by atoms with Gasteiger partial charge in [0.1, 0.15) is 6.61 Å². The van der Waals surface area contributed by atoms with E-state index in [-0.39, 0.29) is 36.0 Å². The second kappa shape index (κ2) is 12.8. The van der Waals surface area contributed by atoms with E-state index < -0.39 is 11.9 Å². The molecule has 3 rings (SSSR count). The van der Waals surface area contributed by atoms with Crippen molar-refractivity contribution in [3.8, 4) is 6.07 Å². The summed E-state index contributed by atoms with van der Waals surface area (Å²) in [5, 5.41) is 17.0. The number of nitrogens with zero attached hydrogens (tertiary/aromatic N) is 1. The summed E-state index contributed by atoms with van der Waals surface area (Å²) in [6.07, 6.45) is 0. The van der Waals surface area contributed by atoms with Gasteiger partial charge in [0.2, 0.25) is 5.91 Å². The SMILES string of the molecule is COCCOC(=O)C1=C(C)NC(SCC(=O)Nc2ccc(Br)cc2)=C(C#N)[C@@H]1c1ccccc1Cl. The van der Waals surface area contributed by atoms with E-state index in [1.807, 2.05) is 12.1 Å². The third kappa shape index (κ3) is 6.89. The van der Waals surface area contributed by atoms with E-state index in [1.165, 1.54) is 18.9 Å². The van der Waals surface area contributed by atoms with Crippen molar-refractivity contribution in [2.75, 3.05) is 31.4 Å². The van der Waals surface area contributed by atoms with Crippen molar-refractivity contribution in [1.82, 2.24) is 5.32 Å². The number of ether oxygens (including phenoxy) is 2. The van der Waals surface area contributed by atoms with E-state index >= 15 is 0 Å². The summed E-state index contributed by atoms with van der Waals surface area (Å²) in [5.74, 6) is -1.49. The number of amides is 1. The molecule has 1 amide bonds. The van der Waals surface area contributed by atoms with Crippen molar-refractivity contribution in [2.24, 2.45) is 0 Å². The van der Waals surface area contributed by atoms with E-state index in [0.29, 0.717) is 27.0 Å². The maximum Gasteiger partial charge on any atom is 0.336 e. The molecular formula is C25H23BrClN3O4S. The molecular weight excluding hydrogens is 554 g/mol. The molecule has 1 atom stereocenters. The molecule has 35 heavy (non-hydrogen) atoms. The molecule has 0 aliphatic carbocycles. The number of anilines is 1. The maximum atomic E-state index is 13.0. The van der Waals surface area contributed by atoms with Crippen LogP contribution in [0.2, 0.25) is 5.02 Å². The summed E-state index contributed by atoms with van der Waals surface area (Å²) in [4.78, 5) is 25.6. The van der Waals surface area contributed by atoms with E-state index in [0.717, 1.165) is 4.47 Å². The molecule has 2 aromatic rings. The first-order valence-electron chi connectivity index (χ1n) is 10.6. The fourth-order valence-electron chi connectivity index (χ4n) is 3.48. The number of esters is 1. The lowest BCUT2D eigenvalue weighted by molar-refractivity contribution is -0.140. The summed E-state index contributed by atoms with van der Waals surface area (Å²) < 4.78 is 11.2. The van der Waals surface area contributed by atoms with Crippen LogP contribution in [-0.4, -0.2) is 38.0 Å². The maximum absolute atomic E-state index is 13.0. The molecule has 0 spiro atoms. The highest BCUT2D eigenvalue weighted by atomic mass is 79.9. The van der Waals surface area contributed by atoms with Gasteiger partial charge >= 0.3 is 5.97 Å². The van der Waals surface area contributed by atoms with Crippen LogP contribution < -0.4 is 10.6 Å². The van der Waals surface area contributed by atoms with Gasteiger partial charge in [-0.25, -0.2) is 4.79 Å². The summed E-state index contributed by atoms with van der Waals surface area (Å²) in [6.45, 7) is 2.05. The molecule has 2 aromatic carbocycles. The molecule has 0 bridgehead atoms. The van der Waals surface area contributed by atoms with Gasteiger partial charge in [0.05, 0.1) is 40.5 Å². The number of hydrogen-bond donors (Lipinski definition) is 2. The smallest absolute Gasteiger partial charge is 0.336 e. The molecule has 7 nitrogen and oxygen atoms in total. The van der Waals surface area contributed by atoms with Crippen LogP contribution in [0.25, 0.3) is 0 Å². The summed E-state index contributed by atoms with van der Waals surface area (Å²) in [6, 6.07) is 16.5. The van der Waals surface area contributed by atoms with Gasteiger partial charge in [-0.2, -0.15) is 5.26 Å². The van der Waals surface area contributed by atoms with Gasteiger partial charge < -0.3 is 20.1 Å². The molecule has 2 N–H and O–H groups in total. The zero-order valence-electron chi connectivity index (χ0n) is 19.1. The first-order valence-corrected chi connectivity index (χ1v) is 12.7. The summed E-state index contributed by atoms with van der Waals surface area (Å²) in [5.41, 5.74) is 2.35. The Hall–Kier alpha value is -2.77. The Morgan fingerprint density at radius 3 is 2.57 bits per heavy atom. The minimum atomic E-state index is -0.748. The van der Waals surface area contributed by atoms with Gasteiger partial charge in [-0.05, 0) is 42.8 Å². The number of benzene rings is 2. The molecule has 0 saturated carbocycles. The number of halogens is 2. The number of rotatable bonds is 9. The van der Waals surface area contributed by atoms with Crippen LogP contribution in [0.4, 0.5) is 5.69 Å². The normalized spacial score (nSPS) is 15.3. The molecule has 10 heteroatoms. The third-order valence-corrected chi connectivity index (χ3v) is 6.97. The van der Waals surface area contributed by atoms with Gasteiger partial charge in [-0.15, -0.1) is 0 Å². The molecule has 0 fully saturated rings. The molecule has 0 saturated heterocycles. The molecule has 1 aliphatic rings. The quantitative estimate of drug-likeness (QED) is 0.306. The average molecular weight is 577 g/mol. The second-order valence-corrected chi connectivity index (χ2v) is 9.75. The van der Waals surface area contributed by atoms with Crippen LogP contribution in [0.5, 0.6) is 0 Å². The minimum absolute atomic E-state index is 0.0553. The number of nitriles is 1. The molecule has 1 aliphatic heterocycles. The lowest BCUT2D eigenvalue weighted by atomic mass is 9.82. The van der Waals surface area contributed by atoms with Crippen LogP contribution in [0.3, 0.4) is 0 Å². The van der Waals surface area contributed by atoms with Gasteiger partial charge in [-0.1, -0.05) is 57.5 Å². The Morgan fingerprint density at radius 2 is 1.91 bits per heavy atom. The standard InChI is InChI=1S/C25H23BrClN3O4S/c1-15-22(25(32)34-12-11-33-2)23(18-5-3-4-6-20(18)27)19(13-28)24(29-15)35-14-21(31)30-17-9-7-16(26)8-10-17/h3-10,23,29H,11-12,14H2,1-2H3,(H,30,31)/t23-/m0/s1. The van der Waals surface area contributed by atoms with Crippen LogP contribution >= 0.6 is 39.3 Å². The van der Waals surface area contributed by atoms with E-state index in [2.05, 4.69) is 32.6 Å². The van der Waals surface area contributed by atoms with Gasteiger partial charge in [0.15, 0.2) is 0 Å². The molecule has 182 valence electrons. The fourth-order valence-corrected chi connectivity index (χ4v) is 4.88. The number of nitrogens with one attached hydrogen (secondary N) is 2.